The van der Waals surface area contributed by atoms with E-state index in [4.69, 9.17) is 25.8 Å². The predicted molar refractivity (Wildman–Crippen MR) is 91.6 cm³/mol. The van der Waals surface area contributed by atoms with Gasteiger partial charge in [0.15, 0.2) is 18.1 Å². The minimum atomic E-state index is -0.623. The molecule has 0 aliphatic heterocycles. The first-order chi connectivity index (χ1) is 12.0. The zero-order valence-corrected chi connectivity index (χ0v) is 13.9. The first-order valence-corrected chi connectivity index (χ1v) is 7.44. The number of methoxy groups -OCH3 is 1. The molecule has 0 saturated heterocycles. The number of hydrogen-bond acceptors (Lipinski definition) is 6. The molecule has 0 fully saturated rings. The third-order valence-electron chi connectivity index (χ3n) is 2.97. The van der Waals surface area contributed by atoms with Crippen LogP contribution in [0.15, 0.2) is 48.7 Å². The van der Waals surface area contributed by atoms with Crippen molar-refractivity contribution in [2.24, 2.45) is 0 Å². The van der Waals surface area contributed by atoms with E-state index in [9.17, 15) is 14.9 Å². The molecular weight excluding hydrogens is 350 g/mol. The van der Waals surface area contributed by atoms with Gasteiger partial charge < -0.3 is 14.2 Å². The molecule has 0 spiro atoms. The van der Waals surface area contributed by atoms with Crippen molar-refractivity contribution < 1.29 is 23.9 Å². The van der Waals surface area contributed by atoms with Crippen molar-refractivity contribution >= 4 is 23.6 Å². The van der Waals surface area contributed by atoms with Crippen molar-refractivity contribution in [2.75, 3.05) is 13.7 Å². The lowest BCUT2D eigenvalue weighted by Gasteiger charge is -2.10. The third kappa shape index (κ3) is 5.82. The highest BCUT2D eigenvalue weighted by molar-refractivity contribution is 6.30. The maximum atomic E-state index is 11.9. The second-order valence-corrected chi connectivity index (χ2v) is 5.16. The SMILES string of the molecule is COc1cc(C=C[N+](=O)[O-])ccc1OC(=O)COc1ccc(Cl)cc1. The Morgan fingerprint density at radius 1 is 1.20 bits per heavy atom. The molecule has 2 aromatic rings. The zero-order valence-electron chi connectivity index (χ0n) is 13.2. The number of carbonyl (C=O) groups is 1. The Bertz CT molecular complexity index is 788. The smallest absolute Gasteiger partial charge is 0.349 e. The van der Waals surface area contributed by atoms with Crippen LogP contribution < -0.4 is 14.2 Å². The number of halogens is 1. The number of carbonyl (C=O) groups excluding carboxylic acids is 1. The molecule has 0 aliphatic rings. The van der Waals surface area contributed by atoms with Gasteiger partial charge in [-0.25, -0.2) is 4.79 Å². The summed E-state index contributed by atoms with van der Waals surface area (Å²) in [5, 5.41) is 10.9. The summed E-state index contributed by atoms with van der Waals surface area (Å²) in [7, 11) is 1.40. The van der Waals surface area contributed by atoms with Gasteiger partial charge in [-0.05, 0) is 42.0 Å². The molecule has 0 aromatic heterocycles. The molecule has 0 aliphatic carbocycles. The van der Waals surface area contributed by atoms with E-state index in [1.165, 1.54) is 25.3 Å². The molecule has 8 heteroatoms. The summed E-state index contributed by atoms with van der Waals surface area (Å²) in [5.74, 6) is 0.311. The molecular formula is C17H14ClNO6. The van der Waals surface area contributed by atoms with Gasteiger partial charge in [-0.3, -0.25) is 10.1 Å². The first-order valence-electron chi connectivity index (χ1n) is 7.06. The number of hydrogen-bond donors (Lipinski definition) is 0. The highest BCUT2D eigenvalue weighted by atomic mass is 35.5. The van der Waals surface area contributed by atoms with Crippen LogP contribution in [0.4, 0.5) is 0 Å². The Balaban J connectivity index is 1.99. The summed E-state index contributed by atoms with van der Waals surface area (Å²) in [4.78, 5) is 21.7. The van der Waals surface area contributed by atoms with Crippen LogP contribution in [0.5, 0.6) is 17.2 Å². The van der Waals surface area contributed by atoms with Crippen molar-refractivity contribution in [3.8, 4) is 17.2 Å². The molecule has 0 unspecified atom stereocenters. The second-order valence-electron chi connectivity index (χ2n) is 4.73. The number of benzene rings is 2. The van der Waals surface area contributed by atoms with E-state index in [1.807, 2.05) is 0 Å². The van der Waals surface area contributed by atoms with Gasteiger partial charge in [-0.15, -0.1) is 0 Å². The van der Waals surface area contributed by atoms with Crippen molar-refractivity contribution in [1.82, 2.24) is 0 Å². The van der Waals surface area contributed by atoms with Crippen molar-refractivity contribution in [3.05, 3.63) is 69.4 Å². The van der Waals surface area contributed by atoms with Gasteiger partial charge in [0, 0.05) is 11.1 Å². The summed E-state index contributed by atoms with van der Waals surface area (Å²) < 4.78 is 15.6. The van der Waals surface area contributed by atoms with E-state index >= 15 is 0 Å². The lowest BCUT2D eigenvalue weighted by atomic mass is 10.2. The maximum Gasteiger partial charge on any atom is 0.349 e. The minimum Gasteiger partial charge on any atom is -0.493 e. The Morgan fingerprint density at radius 2 is 1.92 bits per heavy atom. The molecule has 130 valence electrons. The second kappa shape index (κ2) is 8.70. The van der Waals surface area contributed by atoms with Crippen molar-refractivity contribution in [2.45, 2.75) is 0 Å². The van der Waals surface area contributed by atoms with Crippen LogP contribution in [0.3, 0.4) is 0 Å². The van der Waals surface area contributed by atoms with Gasteiger partial charge in [0.25, 0.3) is 0 Å². The van der Waals surface area contributed by atoms with Gasteiger partial charge in [0.05, 0.1) is 12.0 Å². The van der Waals surface area contributed by atoms with Crippen LogP contribution in [0.2, 0.25) is 5.02 Å². The topological polar surface area (TPSA) is 87.9 Å². The van der Waals surface area contributed by atoms with E-state index in [-0.39, 0.29) is 18.1 Å². The summed E-state index contributed by atoms with van der Waals surface area (Å²) in [6.45, 7) is -0.298. The molecule has 0 N–H and O–H groups in total. The Morgan fingerprint density at radius 3 is 2.56 bits per heavy atom. The average Bonchev–Trinajstić information content (AvgIpc) is 2.60. The number of ether oxygens (including phenoxy) is 3. The van der Waals surface area contributed by atoms with E-state index < -0.39 is 10.9 Å². The fourth-order valence-electron chi connectivity index (χ4n) is 1.84. The van der Waals surface area contributed by atoms with Crippen LogP contribution in [0.25, 0.3) is 6.08 Å². The van der Waals surface area contributed by atoms with Gasteiger partial charge in [-0.1, -0.05) is 17.7 Å². The van der Waals surface area contributed by atoms with Crippen molar-refractivity contribution in [1.29, 1.82) is 0 Å². The summed E-state index contributed by atoms with van der Waals surface area (Å²) >= 11 is 5.76. The van der Waals surface area contributed by atoms with E-state index in [0.29, 0.717) is 16.3 Å². The molecule has 0 bridgehead atoms. The molecule has 0 atom stereocenters. The normalized spacial score (nSPS) is 10.5. The standard InChI is InChI=1S/C17H14ClNO6/c1-23-16-10-12(8-9-19(21)22)2-7-15(16)25-17(20)11-24-14-5-3-13(18)4-6-14/h2-10H,11H2,1H3. The summed E-state index contributed by atoms with van der Waals surface area (Å²) in [5.41, 5.74) is 0.533. The molecule has 25 heavy (non-hydrogen) atoms. The maximum absolute atomic E-state index is 11.9. The molecule has 0 radical (unpaired) electrons. The monoisotopic (exact) mass is 363 g/mol. The number of nitro groups is 1. The lowest BCUT2D eigenvalue weighted by Crippen LogP contribution is -2.18. The zero-order chi connectivity index (χ0) is 18.2. The third-order valence-corrected chi connectivity index (χ3v) is 3.22. The Hall–Kier alpha value is -3.06. The minimum absolute atomic E-state index is 0.186. The number of nitrogens with zero attached hydrogens (tertiary/aromatic N) is 1. The lowest BCUT2D eigenvalue weighted by molar-refractivity contribution is -0.400. The molecule has 2 aromatic carbocycles. The van der Waals surface area contributed by atoms with E-state index in [1.54, 1.807) is 30.3 Å². The number of rotatable bonds is 7. The van der Waals surface area contributed by atoms with Gasteiger partial charge in [0.2, 0.25) is 6.20 Å². The van der Waals surface area contributed by atoms with Crippen LogP contribution >= 0.6 is 11.6 Å². The summed E-state index contributed by atoms with van der Waals surface area (Å²) in [6, 6.07) is 11.1. The Kier molecular flexibility index (Phi) is 6.36. The molecule has 0 heterocycles. The van der Waals surface area contributed by atoms with Crippen LogP contribution in [-0.2, 0) is 4.79 Å². The average molecular weight is 364 g/mol. The van der Waals surface area contributed by atoms with Crippen LogP contribution in [-0.4, -0.2) is 24.6 Å². The van der Waals surface area contributed by atoms with Crippen LogP contribution in [0.1, 0.15) is 5.56 Å². The quantitative estimate of drug-likeness (QED) is 0.323. The molecule has 7 nitrogen and oxygen atoms in total. The molecule has 0 amide bonds. The first kappa shape index (κ1) is 18.3. The molecule has 2 rings (SSSR count). The molecule has 0 saturated carbocycles. The van der Waals surface area contributed by atoms with Gasteiger partial charge in [0.1, 0.15) is 5.75 Å². The highest BCUT2D eigenvalue weighted by Crippen LogP contribution is 2.28. The fourth-order valence-corrected chi connectivity index (χ4v) is 1.97. The highest BCUT2D eigenvalue weighted by Gasteiger charge is 2.11. The van der Waals surface area contributed by atoms with Gasteiger partial charge >= 0.3 is 5.97 Å². The van der Waals surface area contributed by atoms with Gasteiger partial charge in [-0.2, -0.15) is 0 Å². The van der Waals surface area contributed by atoms with Crippen LogP contribution in [0, 0.1) is 10.1 Å². The number of esters is 1. The fraction of sp³-hybridized carbons (Fsp3) is 0.118. The largest absolute Gasteiger partial charge is 0.493 e. The Labute approximate surface area is 148 Å². The predicted octanol–water partition coefficient (Wildman–Crippen LogP) is 3.58. The van der Waals surface area contributed by atoms with E-state index in [0.717, 1.165) is 6.20 Å². The van der Waals surface area contributed by atoms with Crippen molar-refractivity contribution in [3.63, 3.8) is 0 Å². The van der Waals surface area contributed by atoms with E-state index in [2.05, 4.69) is 0 Å². The summed E-state index contributed by atoms with van der Waals surface area (Å²) in [6.07, 6.45) is 2.11.